The van der Waals surface area contributed by atoms with Gasteiger partial charge in [-0.25, -0.2) is 14.5 Å². The van der Waals surface area contributed by atoms with Crippen LogP contribution in [-0.2, 0) is 57.2 Å². The zero-order valence-electron chi connectivity index (χ0n) is 68.8. The molecule has 2 aromatic rings. The van der Waals surface area contributed by atoms with Gasteiger partial charge in [0.15, 0.2) is 12.2 Å². The van der Waals surface area contributed by atoms with Gasteiger partial charge in [0, 0.05) is 73.2 Å². The van der Waals surface area contributed by atoms with E-state index in [9.17, 15) is 58.2 Å². The first kappa shape index (κ1) is 96.3. The van der Waals surface area contributed by atoms with Crippen molar-refractivity contribution in [2.45, 2.75) is 203 Å². The van der Waals surface area contributed by atoms with Gasteiger partial charge >= 0.3 is 281 Å². The molecule has 0 fully saturated rings. The number of primary amides is 2. The fourth-order valence-electron chi connectivity index (χ4n) is 14.7. The number of benzene rings is 2. The van der Waals surface area contributed by atoms with E-state index in [1.165, 1.54) is 127 Å². The summed E-state index contributed by atoms with van der Waals surface area (Å²) in [6, 6.07) is 14.1. The Balaban J connectivity index is 0.000000416. The molecule has 0 saturated heterocycles. The Morgan fingerprint density at radius 1 is 0.561 bits per heavy atom. The summed E-state index contributed by atoms with van der Waals surface area (Å²) in [5.74, 6) is -7.32. The second-order valence-electron chi connectivity index (χ2n) is 29.8. The molecule has 26 heteroatoms. The number of nitrogens with zero attached hydrogens (tertiary/aromatic N) is 2. The van der Waals surface area contributed by atoms with Crippen molar-refractivity contribution in [2.75, 3.05) is 41.5 Å². The van der Waals surface area contributed by atoms with Crippen LogP contribution in [0.2, 0.25) is 13.3 Å². The minimum atomic E-state index is -2.90. The number of carbonyl (C=O) groups excluding carboxylic acids is 10. The monoisotopic (exact) mass is 1790 g/mol. The number of ketones is 4. The normalized spacial score (nSPS) is 26.6. The van der Waals surface area contributed by atoms with Crippen LogP contribution in [0.4, 0.5) is 9.59 Å². The van der Waals surface area contributed by atoms with Gasteiger partial charge in [-0.15, -0.1) is 13.2 Å². The predicted octanol–water partition coefficient (Wildman–Crippen LogP) is 12.8. The zero-order valence-corrected chi connectivity index (χ0v) is 73.9. The van der Waals surface area contributed by atoms with Crippen molar-refractivity contribution in [3.05, 3.63) is 206 Å². The van der Waals surface area contributed by atoms with Crippen molar-refractivity contribution in [1.29, 1.82) is 0 Å². The topological polar surface area (TPSA) is 349 Å². The van der Waals surface area contributed by atoms with Crippen LogP contribution in [-0.4, -0.2) is 188 Å². The Bertz CT molecular complexity index is 4110. The third-order valence-corrected chi connectivity index (χ3v) is 37.4. The average molecular weight is 1790 g/mol. The summed E-state index contributed by atoms with van der Waals surface area (Å²) in [6.45, 7) is 28.2. The fraction of sp³-hybridized carbons (Fsp3) is 0.477. The summed E-state index contributed by atoms with van der Waals surface area (Å²) in [4.78, 5) is 141. The molecule has 0 unspecified atom stereocenters. The number of methoxy groups -OCH3 is 4. The van der Waals surface area contributed by atoms with Crippen molar-refractivity contribution in [3.63, 3.8) is 0 Å². The average Bonchev–Trinajstić information content (AvgIpc) is 0.815. The maximum atomic E-state index is 14.9. The number of aliphatic hydroxyl groups excluding tert-OH is 2. The zero-order chi connectivity index (χ0) is 84.8. The number of imide groups is 2. The number of nitrogens with two attached hydrogens (primary N) is 2. The summed E-state index contributed by atoms with van der Waals surface area (Å²) < 4.78 is 39.7. The minimum absolute atomic E-state index is 0.0400. The van der Waals surface area contributed by atoms with Crippen molar-refractivity contribution in [3.8, 4) is 0 Å². The number of fused-ring (bicyclic) bond motifs is 4. The first-order valence-corrected chi connectivity index (χ1v) is 47.6. The third kappa shape index (κ3) is 26.1. The Morgan fingerprint density at radius 3 is 1.23 bits per heavy atom. The van der Waals surface area contributed by atoms with E-state index in [1.807, 2.05) is 13.8 Å². The van der Waals surface area contributed by atoms with Gasteiger partial charge in [-0.2, -0.15) is 0 Å². The molecule has 4 aliphatic rings. The summed E-state index contributed by atoms with van der Waals surface area (Å²) in [5, 5.41) is 29.0. The number of hydrogen-bond acceptors (Lipinski definition) is 20. The molecule has 24 nitrogen and oxygen atoms in total. The number of hydrogen-bond donors (Lipinski definition) is 6. The van der Waals surface area contributed by atoms with E-state index in [1.54, 1.807) is 76.3 Å². The molecule has 2 aromatic carbocycles. The number of nitrogens with one attached hydrogen (secondary N) is 2. The SMILES string of the molecule is C=CCNC1=C2C[C@@H](C)C[C@H](OC)[C@H](O)[C@@H](C)/C=C(\C)[C@H](OC(N)=O)[C@@H](OC)/C=C\C=C(/C)C(=O)N(C(=O)c3cc[c]([Sn]([CH2]CCC)([CH2]CCC)[CH2]CCC)cc3)C(=CC1=O)C2=O.C=CCNC1=C2C[C@@H](C)C[C@H](OC)[C@H](O)[C@@H](C)/C=C(\C)[C@H](OC(N)=O)[C@@H](OC)/C=C\C=C(/C)C(=O)N(C(=O)c3ccc([125I])cc3)C(=CC1=O)C2=O. The van der Waals surface area contributed by atoms with Crippen LogP contribution in [0.5, 0.6) is 0 Å². The number of halogens is 1. The van der Waals surface area contributed by atoms with Gasteiger partial charge < -0.3 is 55.4 Å². The van der Waals surface area contributed by atoms with Gasteiger partial charge in [-0.1, -0.05) is 63.3 Å². The maximum absolute atomic E-state index is 14.9. The first-order chi connectivity index (χ1) is 54.2. The summed E-state index contributed by atoms with van der Waals surface area (Å²) in [6.07, 6.45) is 15.9. The molecule has 6 amide bonds. The van der Waals surface area contributed by atoms with E-state index >= 15 is 0 Å². The number of aliphatic hydroxyl groups is 2. The van der Waals surface area contributed by atoms with Gasteiger partial charge in [0.05, 0.1) is 30.1 Å². The minimum Gasteiger partial charge on any atom is -0.439 e. The molecule has 0 aromatic heterocycles. The number of rotatable bonds is 24. The smallest absolute Gasteiger partial charge is 0.405 e. The Morgan fingerprint density at radius 2 is 0.912 bits per heavy atom. The standard InChI is InChI=1S/C38H46IN3O9.C38H46N3O9.3C4H9.Sn/c1-8-16-41-32-27-17-21(2)18-31(50-7)33(44)23(4)19-24(5)35(51-38(40)48)30(49-6)11-9-10-22(3)36(46)42(28(34(27)45)20-29(32)43)37(47)25-12-14-26(39)15-13-25;1-8-17-40-32-27-18-22(2)19-31(49-7)33(43)24(4)20-25(5)35(50-38(39)47)30(48-6)16-12-13-23(3)36(45)41(28(34(27)44)21-29(32)42)37(46)26-14-10-9-11-15-26;3*1-3-4-2;/h8-15,19-21,23,30-31,33,35,41,44H,1,16-18H2,2-7H3,(H2,40,48);8,10-16,20-22,24,30-31,33,35,40,43H,1,17-19H2,2-7H3,(H2,39,47);3*1,3-4H2,2H3;/b11-9-,22-10+,24-19+;16-12-,23-13+,25-20+;;;;/t21-,23+,30+,31+,33-,35+;22-,24+,30+,31+,33-,35+;;;;/m11..../s1/i39-2;;;;;. The number of ether oxygens (including phenoxy) is 6. The predicted molar refractivity (Wildman–Crippen MR) is 452 cm³/mol. The molecule has 2 aliphatic heterocycles. The molecule has 8 N–H and O–H groups in total. The molecule has 620 valence electrons. The third-order valence-electron chi connectivity index (χ3n) is 21.0. The summed E-state index contributed by atoms with van der Waals surface area (Å²) in [5.41, 5.74) is 12.0. The number of Topliss-reactive ketones (excluding diaryl/α,β-unsaturated/α-hetero) is 2. The van der Waals surface area contributed by atoms with E-state index in [4.69, 9.17) is 39.9 Å². The molecule has 2 heterocycles. The Kier molecular flexibility index (Phi) is 39.7. The molecular formula is C88H119IN6O18Sn. The van der Waals surface area contributed by atoms with Crippen molar-refractivity contribution in [1.82, 2.24) is 20.4 Å². The number of carbonyl (C=O) groups is 10. The molecule has 0 saturated carbocycles. The van der Waals surface area contributed by atoms with Crippen LogP contribution < -0.4 is 25.7 Å². The molecule has 12 atom stereocenters. The summed E-state index contributed by atoms with van der Waals surface area (Å²) in [7, 11) is 5.78. The van der Waals surface area contributed by atoms with Crippen LogP contribution >= 0.6 is 22.6 Å². The Labute approximate surface area is 690 Å². The number of allylic oxidation sites excluding steroid dienone is 8. The number of amides is 6. The van der Waals surface area contributed by atoms with Gasteiger partial charge in [-0.05, 0) is 97.5 Å². The van der Waals surface area contributed by atoms with Crippen molar-refractivity contribution in [2.24, 2.45) is 35.1 Å². The van der Waals surface area contributed by atoms with Gasteiger partial charge in [0.1, 0.15) is 11.8 Å². The van der Waals surface area contributed by atoms with Crippen LogP contribution in [0.15, 0.2) is 191 Å². The van der Waals surface area contributed by atoms with Gasteiger partial charge in [0.2, 0.25) is 11.6 Å². The molecule has 2 aliphatic carbocycles. The molecule has 6 rings (SSSR count). The van der Waals surface area contributed by atoms with E-state index < -0.39 is 144 Å². The van der Waals surface area contributed by atoms with Gasteiger partial charge in [0.25, 0.3) is 11.8 Å². The van der Waals surface area contributed by atoms with Crippen LogP contribution in [0.3, 0.4) is 0 Å². The van der Waals surface area contributed by atoms with E-state index in [0.29, 0.717) is 11.1 Å². The van der Waals surface area contributed by atoms with Crippen LogP contribution in [0, 0.1) is 27.2 Å². The molecule has 0 spiro atoms. The molecule has 0 radical (unpaired) electrons. The quantitative estimate of drug-likeness (QED) is 0.0187. The first-order valence-electron chi connectivity index (χ1n) is 39.1. The van der Waals surface area contributed by atoms with Crippen LogP contribution in [0.25, 0.3) is 0 Å². The van der Waals surface area contributed by atoms with Crippen molar-refractivity contribution >= 4 is 103 Å². The van der Waals surface area contributed by atoms with E-state index in [-0.39, 0.29) is 101 Å². The fourth-order valence-corrected chi connectivity index (χ4v) is 31.0. The maximum Gasteiger partial charge on any atom is 0.405 e. The van der Waals surface area contributed by atoms with Crippen LogP contribution in [0.1, 0.15) is 161 Å². The molecular weight excluding hydrogens is 1670 g/mol. The second kappa shape index (κ2) is 47.1. The Hall–Kier alpha value is -8.29. The number of unbranched alkanes of at least 4 members (excludes halogenated alkanes) is 3. The van der Waals surface area contributed by atoms with Crippen molar-refractivity contribution < 1.29 is 86.6 Å². The second-order valence-corrected chi connectivity index (χ2v) is 44.3. The van der Waals surface area contributed by atoms with E-state index in [2.05, 4.69) is 79.3 Å². The largest absolute Gasteiger partial charge is 0.439 e. The molecule has 4 bridgehead atoms. The molecule has 114 heavy (non-hydrogen) atoms. The van der Waals surface area contributed by atoms with E-state index in [0.717, 1.165) is 44.8 Å². The van der Waals surface area contributed by atoms with Gasteiger partial charge in [-0.3, -0.25) is 19.2 Å². The summed E-state index contributed by atoms with van der Waals surface area (Å²) >= 11 is -0.821.